The highest BCUT2D eigenvalue weighted by Crippen LogP contribution is 2.55. The summed E-state index contributed by atoms with van der Waals surface area (Å²) in [6.07, 6.45) is -2.87. The highest BCUT2D eigenvalue weighted by molar-refractivity contribution is 5.30. The van der Waals surface area contributed by atoms with Gasteiger partial charge in [-0.05, 0) is 38.8 Å². The van der Waals surface area contributed by atoms with E-state index in [0.717, 1.165) is 18.9 Å². The molecule has 0 aliphatic heterocycles. The lowest BCUT2D eigenvalue weighted by molar-refractivity contribution is -0.153. The number of nitrogens with two attached hydrogens (primary N) is 1. The van der Waals surface area contributed by atoms with Crippen molar-refractivity contribution in [2.24, 2.45) is 5.73 Å². The van der Waals surface area contributed by atoms with Crippen LogP contribution in [-0.2, 0) is 11.6 Å². The molecule has 2 rings (SSSR count). The van der Waals surface area contributed by atoms with Crippen molar-refractivity contribution in [3.63, 3.8) is 0 Å². The molecule has 2 nitrogen and oxygen atoms in total. The smallest absolute Gasteiger partial charge is 0.449 e. The molecule has 1 aliphatic rings. The van der Waals surface area contributed by atoms with E-state index in [2.05, 4.69) is 0 Å². The van der Waals surface area contributed by atoms with E-state index in [9.17, 15) is 13.2 Å². The molecule has 90 valence electrons. The molecule has 5 heteroatoms. The maximum absolute atomic E-state index is 12.4. The topological polar surface area (TPSA) is 39.2 Å². The van der Waals surface area contributed by atoms with E-state index in [1.165, 1.54) is 6.07 Å². The Labute approximate surface area is 91.6 Å². The zero-order chi connectivity index (χ0) is 12.2. The summed E-state index contributed by atoms with van der Waals surface area (Å²) < 4.78 is 42.0. The Morgan fingerprint density at radius 3 is 2.12 bits per heavy atom. The maximum Gasteiger partial charge on any atom is 0.449 e. The summed E-state index contributed by atoms with van der Waals surface area (Å²) in [7, 11) is 0. The molecular weight excluding hydrogens is 219 g/mol. The summed E-state index contributed by atoms with van der Waals surface area (Å²) in [5.41, 5.74) is 5.00. The Morgan fingerprint density at radius 1 is 1.25 bits per heavy atom. The quantitative estimate of drug-likeness (QED) is 0.852. The first-order valence-electron chi connectivity index (χ1n) is 5.13. The van der Waals surface area contributed by atoms with E-state index >= 15 is 0 Å². The number of furan rings is 1. The number of hydrogen-bond acceptors (Lipinski definition) is 2. The fourth-order valence-corrected chi connectivity index (χ4v) is 2.08. The molecule has 0 radical (unpaired) electrons. The van der Waals surface area contributed by atoms with Crippen LogP contribution in [0.1, 0.15) is 38.2 Å². The third kappa shape index (κ3) is 1.63. The predicted molar refractivity (Wildman–Crippen MR) is 52.9 cm³/mol. The van der Waals surface area contributed by atoms with E-state index in [-0.39, 0.29) is 0 Å². The minimum absolute atomic E-state index is 0.354. The van der Waals surface area contributed by atoms with Gasteiger partial charge in [-0.15, -0.1) is 0 Å². The highest BCUT2D eigenvalue weighted by atomic mass is 19.4. The van der Waals surface area contributed by atoms with E-state index in [0.29, 0.717) is 5.76 Å². The van der Waals surface area contributed by atoms with Gasteiger partial charge in [-0.2, -0.15) is 13.2 Å². The van der Waals surface area contributed by atoms with Crippen molar-refractivity contribution >= 4 is 0 Å². The standard InChI is InChI=1S/C11H14F3NO/c1-9(2,15)10(5-6-10)7-3-4-8(16-7)11(12,13)14/h3-4H,5-6,15H2,1-2H3. The van der Waals surface area contributed by atoms with Crippen LogP contribution >= 0.6 is 0 Å². The van der Waals surface area contributed by atoms with Gasteiger partial charge in [0, 0.05) is 11.0 Å². The summed E-state index contributed by atoms with van der Waals surface area (Å²) in [6.45, 7) is 3.63. The normalized spacial score (nSPS) is 19.9. The van der Waals surface area contributed by atoms with Crippen molar-refractivity contribution in [2.45, 2.75) is 43.8 Å². The molecule has 2 N–H and O–H groups in total. The van der Waals surface area contributed by atoms with Crippen LogP contribution < -0.4 is 5.73 Å². The summed E-state index contributed by atoms with van der Waals surface area (Å²) in [6, 6.07) is 2.37. The minimum atomic E-state index is -4.42. The molecule has 1 fully saturated rings. The molecular formula is C11H14F3NO. The molecule has 0 saturated heterocycles. The van der Waals surface area contributed by atoms with E-state index in [4.69, 9.17) is 10.2 Å². The van der Waals surface area contributed by atoms with Crippen LogP contribution in [0.3, 0.4) is 0 Å². The van der Waals surface area contributed by atoms with Gasteiger partial charge >= 0.3 is 6.18 Å². The van der Waals surface area contributed by atoms with Crippen molar-refractivity contribution in [1.82, 2.24) is 0 Å². The average Bonchev–Trinajstić information content (AvgIpc) is 2.75. The van der Waals surface area contributed by atoms with Crippen LogP contribution in [0.5, 0.6) is 0 Å². The summed E-state index contributed by atoms with van der Waals surface area (Å²) in [4.78, 5) is 0. The van der Waals surface area contributed by atoms with E-state index < -0.39 is 22.9 Å². The van der Waals surface area contributed by atoms with Gasteiger partial charge < -0.3 is 10.2 Å². The first-order chi connectivity index (χ1) is 7.17. The van der Waals surface area contributed by atoms with Crippen LogP contribution in [0.25, 0.3) is 0 Å². The lowest BCUT2D eigenvalue weighted by Crippen LogP contribution is -2.45. The molecule has 0 amide bonds. The van der Waals surface area contributed by atoms with Crippen LogP contribution in [0, 0.1) is 0 Å². The van der Waals surface area contributed by atoms with Gasteiger partial charge in [0.25, 0.3) is 0 Å². The molecule has 0 aromatic carbocycles. The van der Waals surface area contributed by atoms with Gasteiger partial charge in [0.2, 0.25) is 5.76 Å². The Bertz CT molecular complexity index is 396. The molecule has 16 heavy (non-hydrogen) atoms. The van der Waals surface area contributed by atoms with Crippen molar-refractivity contribution in [3.05, 3.63) is 23.7 Å². The molecule has 1 saturated carbocycles. The SMILES string of the molecule is CC(C)(N)C1(c2ccc(C(F)(F)F)o2)CC1. The van der Waals surface area contributed by atoms with Gasteiger partial charge in [-0.1, -0.05) is 0 Å². The first-order valence-corrected chi connectivity index (χ1v) is 5.13. The lowest BCUT2D eigenvalue weighted by Gasteiger charge is -2.28. The second-order valence-corrected chi connectivity index (χ2v) is 4.97. The van der Waals surface area contributed by atoms with Crippen LogP contribution in [0.2, 0.25) is 0 Å². The Balaban J connectivity index is 2.34. The van der Waals surface area contributed by atoms with Gasteiger partial charge in [0.1, 0.15) is 5.76 Å². The fraction of sp³-hybridized carbons (Fsp3) is 0.636. The first kappa shape index (κ1) is 11.5. The molecule has 0 unspecified atom stereocenters. The van der Waals surface area contributed by atoms with Crippen molar-refractivity contribution < 1.29 is 17.6 Å². The van der Waals surface area contributed by atoms with Crippen LogP contribution in [0.15, 0.2) is 16.5 Å². The number of rotatable bonds is 2. The van der Waals surface area contributed by atoms with E-state index in [1.807, 2.05) is 13.8 Å². The van der Waals surface area contributed by atoms with Crippen molar-refractivity contribution in [2.75, 3.05) is 0 Å². The molecule has 1 aliphatic carbocycles. The van der Waals surface area contributed by atoms with Crippen molar-refractivity contribution in [1.29, 1.82) is 0 Å². The zero-order valence-corrected chi connectivity index (χ0v) is 9.19. The second kappa shape index (κ2) is 3.03. The van der Waals surface area contributed by atoms with Crippen LogP contribution in [0.4, 0.5) is 13.2 Å². The lowest BCUT2D eigenvalue weighted by atomic mass is 9.83. The molecule has 0 atom stereocenters. The van der Waals surface area contributed by atoms with Gasteiger partial charge in [0.15, 0.2) is 0 Å². The molecule has 1 aromatic heterocycles. The Hall–Kier alpha value is -0.970. The minimum Gasteiger partial charge on any atom is -0.456 e. The van der Waals surface area contributed by atoms with Crippen LogP contribution in [-0.4, -0.2) is 5.54 Å². The number of halogens is 3. The average molecular weight is 233 g/mol. The zero-order valence-electron chi connectivity index (χ0n) is 9.19. The third-order valence-corrected chi connectivity index (χ3v) is 3.34. The molecule has 1 heterocycles. The molecule has 0 spiro atoms. The van der Waals surface area contributed by atoms with E-state index in [1.54, 1.807) is 0 Å². The predicted octanol–water partition coefficient (Wildman–Crippen LogP) is 3.07. The summed E-state index contributed by atoms with van der Waals surface area (Å²) in [5, 5.41) is 0. The maximum atomic E-state index is 12.4. The summed E-state index contributed by atoms with van der Waals surface area (Å²) in [5.74, 6) is -0.592. The summed E-state index contributed by atoms with van der Waals surface area (Å²) >= 11 is 0. The van der Waals surface area contributed by atoms with Gasteiger partial charge in [-0.25, -0.2) is 0 Å². The molecule has 1 aromatic rings. The highest BCUT2D eigenvalue weighted by Gasteiger charge is 2.56. The Kier molecular flexibility index (Phi) is 2.18. The van der Waals surface area contributed by atoms with Gasteiger partial charge in [0.05, 0.1) is 0 Å². The monoisotopic (exact) mass is 233 g/mol. The third-order valence-electron chi connectivity index (χ3n) is 3.34. The van der Waals surface area contributed by atoms with Crippen molar-refractivity contribution in [3.8, 4) is 0 Å². The Morgan fingerprint density at radius 2 is 1.81 bits per heavy atom. The fourth-order valence-electron chi connectivity index (χ4n) is 2.08. The second-order valence-electron chi connectivity index (χ2n) is 4.97. The molecule has 0 bridgehead atoms. The number of hydrogen-bond donors (Lipinski definition) is 1. The number of alkyl halides is 3. The van der Waals surface area contributed by atoms with Gasteiger partial charge in [-0.3, -0.25) is 0 Å². The largest absolute Gasteiger partial charge is 0.456 e.